The van der Waals surface area contributed by atoms with E-state index in [4.69, 9.17) is 16.6 Å². The average molecular weight is 475 g/mol. The van der Waals surface area contributed by atoms with Crippen molar-refractivity contribution in [3.05, 3.63) is 76.8 Å². The fraction of sp³-hybridized carbons (Fsp3) is 0.261. The minimum absolute atomic E-state index is 0. The fourth-order valence-electron chi connectivity index (χ4n) is 3.36. The molecule has 0 saturated heterocycles. The number of carbonyl (C=O) groups excluding carboxylic acids is 1. The molecule has 1 amide bonds. The number of fused-ring (bicyclic) bond motifs is 1. The van der Waals surface area contributed by atoms with Gasteiger partial charge in [-0.25, -0.2) is 9.97 Å². The maximum Gasteiger partial charge on any atom is 0.233 e. The summed E-state index contributed by atoms with van der Waals surface area (Å²) < 4.78 is 3.13. The first-order valence-corrected chi connectivity index (χ1v) is 11.1. The predicted molar refractivity (Wildman–Crippen MR) is 131 cm³/mol. The van der Waals surface area contributed by atoms with Crippen molar-refractivity contribution >= 4 is 56.6 Å². The summed E-state index contributed by atoms with van der Waals surface area (Å²) in [6.07, 6.45) is 6.63. The SMILES string of the molecule is Cc1ccc2sc(N(CCCn3ccnc3)C(=O)Cc3ccc(Cl)cc3)nc2c1C.Cl. The van der Waals surface area contributed by atoms with Crippen LogP contribution in [0.15, 0.2) is 55.1 Å². The zero-order valence-corrected chi connectivity index (χ0v) is 19.8. The van der Waals surface area contributed by atoms with Crippen LogP contribution < -0.4 is 4.90 Å². The van der Waals surface area contributed by atoms with Crippen LogP contribution in [0.4, 0.5) is 5.13 Å². The van der Waals surface area contributed by atoms with Gasteiger partial charge < -0.3 is 4.57 Å². The van der Waals surface area contributed by atoms with Crippen molar-refractivity contribution in [2.75, 3.05) is 11.4 Å². The molecule has 4 rings (SSSR count). The third-order valence-corrected chi connectivity index (χ3v) is 6.53. The van der Waals surface area contributed by atoms with Crippen LogP contribution in [0.1, 0.15) is 23.1 Å². The van der Waals surface area contributed by atoms with E-state index in [1.54, 1.807) is 23.9 Å². The normalized spacial score (nSPS) is 10.8. The Morgan fingerprint density at radius 3 is 2.65 bits per heavy atom. The van der Waals surface area contributed by atoms with Gasteiger partial charge in [-0.05, 0) is 55.2 Å². The number of thiazole rings is 1. The quantitative estimate of drug-likeness (QED) is 0.337. The Balaban J connectivity index is 0.00000272. The number of hydrogen-bond acceptors (Lipinski definition) is 4. The Hall–Kier alpha value is -2.41. The highest BCUT2D eigenvalue weighted by molar-refractivity contribution is 7.22. The second-order valence-electron chi connectivity index (χ2n) is 7.35. The maximum atomic E-state index is 13.3. The van der Waals surface area contributed by atoms with Crippen molar-refractivity contribution < 1.29 is 4.79 Å². The average Bonchev–Trinajstić information content (AvgIpc) is 3.40. The standard InChI is InChI=1S/C23H23ClN4OS.ClH/c1-16-4-9-20-22(17(16)2)26-23(30-20)28(12-3-11-27-13-10-25-15-27)21(29)14-18-5-7-19(24)8-6-18;/h4-10,13,15H,3,11-12,14H2,1-2H3;1H. The molecule has 0 radical (unpaired) electrons. The van der Waals surface area contributed by atoms with E-state index in [9.17, 15) is 4.79 Å². The van der Waals surface area contributed by atoms with Crippen LogP contribution in [0.2, 0.25) is 5.02 Å². The number of rotatable bonds is 7. The Kier molecular flexibility index (Phi) is 7.70. The van der Waals surface area contributed by atoms with Crippen LogP contribution >= 0.6 is 35.3 Å². The second kappa shape index (κ2) is 10.3. The first-order chi connectivity index (χ1) is 14.5. The summed E-state index contributed by atoms with van der Waals surface area (Å²) in [7, 11) is 0. The topological polar surface area (TPSA) is 51.0 Å². The van der Waals surface area contributed by atoms with E-state index >= 15 is 0 Å². The lowest BCUT2D eigenvalue weighted by Crippen LogP contribution is -2.33. The molecule has 0 spiro atoms. The Bertz CT molecular complexity index is 1160. The van der Waals surface area contributed by atoms with E-state index in [2.05, 4.69) is 31.0 Å². The van der Waals surface area contributed by atoms with Crippen molar-refractivity contribution in [2.24, 2.45) is 0 Å². The van der Waals surface area contributed by atoms with Gasteiger partial charge in [-0.2, -0.15) is 0 Å². The van der Waals surface area contributed by atoms with Crippen molar-refractivity contribution in [2.45, 2.75) is 33.2 Å². The number of anilines is 1. The molecule has 5 nitrogen and oxygen atoms in total. The van der Waals surface area contributed by atoms with Crippen LogP contribution in [0.3, 0.4) is 0 Å². The number of aromatic nitrogens is 3. The first kappa shape index (κ1) is 23.3. The Labute approximate surface area is 197 Å². The van der Waals surface area contributed by atoms with Crippen LogP contribution in [-0.4, -0.2) is 27.0 Å². The molecule has 0 unspecified atom stereocenters. The summed E-state index contributed by atoms with van der Waals surface area (Å²) in [6.45, 7) is 5.57. The summed E-state index contributed by atoms with van der Waals surface area (Å²) in [5.41, 5.74) is 4.29. The molecule has 0 aliphatic heterocycles. The van der Waals surface area contributed by atoms with Crippen LogP contribution in [0, 0.1) is 13.8 Å². The van der Waals surface area contributed by atoms with Gasteiger partial charge in [-0.15, -0.1) is 12.4 Å². The van der Waals surface area contributed by atoms with Crippen molar-refractivity contribution in [1.29, 1.82) is 0 Å². The molecule has 162 valence electrons. The molecule has 0 N–H and O–H groups in total. The number of carbonyl (C=O) groups is 1. The van der Waals surface area contributed by atoms with Gasteiger partial charge in [0.15, 0.2) is 5.13 Å². The summed E-state index contributed by atoms with van der Waals surface area (Å²) in [6, 6.07) is 11.6. The number of nitrogens with zero attached hydrogens (tertiary/aromatic N) is 4. The van der Waals surface area contributed by atoms with Gasteiger partial charge in [0.2, 0.25) is 5.91 Å². The fourth-order valence-corrected chi connectivity index (χ4v) is 4.55. The highest BCUT2D eigenvalue weighted by Gasteiger charge is 2.20. The van der Waals surface area contributed by atoms with E-state index in [0.717, 1.165) is 33.9 Å². The lowest BCUT2D eigenvalue weighted by molar-refractivity contribution is -0.118. The third kappa shape index (κ3) is 5.45. The van der Waals surface area contributed by atoms with Crippen molar-refractivity contribution in [3.8, 4) is 0 Å². The molecule has 4 aromatic rings. The van der Waals surface area contributed by atoms with Crippen molar-refractivity contribution in [1.82, 2.24) is 14.5 Å². The molecular formula is C23H24Cl2N4OS. The summed E-state index contributed by atoms with van der Waals surface area (Å²) in [5, 5.41) is 1.42. The summed E-state index contributed by atoms with van der Waals surface area (Å²) in [4.78, 5) is 24.0. The molecular weight excluding hydrogens is 451 g/mol. The zero-order valence-electron chi connectivity index (χ0n) is 17.4. The van der Waals surface area contributed by atoms with Gasteiger partial charge in [0.25, 0.3) is 0 Å². The smallest absolute Gasteiger partial charge is 0.233 e. The molecule has 8 heteroatoms. The van der Waals surface area contributed by atoms with Crippen LogP contribution in [0.5, 0.6) is 0 Å². The Morgan fingerprint density at radius 2 is 1.94 bits per heavy atom. The first-order valence-electron chi connectivity index (χ1n) is 9.88. The number of halogens is 2. The maximum absolute atomic E-state index is 13.3. The molecule has 2 aromatic carbocycles. The molecule has 0 atom stereocenters. The molecule has 0 aliphatic rings. The highest BCUT2D eigenvalue weighted by Crippen LogP contribution is 2.32. The molecule has 0 aliphatic carbocycles. The Morgan fingerprint density at radius 1 is 1.16 bits per heavy atom. The third-order valence-electron chi connectivity index (χ3n) is 5.23. The monoisotopic (exact) mass is 474 g/mol. The molecule has 0 saturated carbocycles. The van der Waals surface area contributed by atoms with Crippen molar-refractivity contribution in [3.63, 3.8) is 0 Å². The number of benzene rings is 2. The molecule has 0 fully saturated rings. The van der Waals surface area contributed by atoms with Gasteiger partial charge in [0, 0.05) is 30.5 Å². The number of amides is 1. The lowest BCUT2D eigenvalue weighted by Gasteiger charge is -2.20. The number of hydrogen-bond donors (Lipinski definition) is 0. The van der Waals surface area contributed by atoms with Gasteiger partial charge >= 0.3 is 0 Å². The summed E-state index contributed by atoms with van der Waals surface area (Å²) >= 11 is 7.56. The largest absolute Gasteiger partial charge is 0.337 e. The number of imidazole rings is 1. The highest BCUT2D eigenvalue weighted by atomic mass is 35.5. The predicted octanol–water partition coefficient (Wildman–Crippen LogP) is 5.85. The van der Waals surface area contributed by atoms with E-state index in [1.165, 1.54) is 11.1 Å². The minimum atomic E-state index is 0. The van der Waals surface area contributed by atoms with Gasteiger partial charge in [-0.3, -0.25) is 9.69 Å². The van der Waals surface area contributed by atoms with E-state index < -0.39 is 0 Å². The van der Waals surface area contributed by atoms with Gasteiger partial charge in [0.1, 0.15) is 0 Å². The van der Waals surface area contributed by atoms with E-state index in [1.807, 2.05) is 39.9 Å². The molecule has 2 heterocycles. The van der Waals surface area contributed by atoms with Crippen LogP contribution in [0.25, 0.3) is 10.2 Å². The number of aryl methyl sites for hydroxylation is 3. The van der Waals surface area contributed by atoms with Crippen LogP contribution in [-0.2, 0) is 17.8 Å². The zero-order chi connectivity index (χ0) is 21.1. The minimum Gasteiger partial charge on any atom is -0.337 e. The summed E-state index contributed by atoms with van der Waals surface area (Å²) in [5.74, 6) is 0.0383. The van der Waals surface area contributed by atoms with Gasteiger partial charge in [-0.1, -0.05) is 41.1 Å². The lowest BCUT2D eigenvalue weighted by atomic mass is 10.1. The second-order valence-corrected chi connectivity index (χ2v) is 8.80. The van der Waals surface area contributed by atoms with Gasteiger partial charge in [0.05, 0.1) is 23.0 Å². The van der Waals surface area contributed by atoms with E-state index in [0.29, 0.717) is 18.0 Å². The molecule has 2 aromatic heterocycles. The molecule has 31 heavy (non-hydrogen) atoms. The van der Waals surface area contributed by atoms with E-state index in [-0.39, 0.29) is 18.3 Å². The molecule has 0 bridgehead atoms.